The van der Waals surface area contributed by atoms with E-state index in [0.29, 0.717) is 0 Å². The second-order valence-electron chi connectivity index (χ2n) is 2.32. The molecule has 1 unspecified atom stereocenters. The minimum Gasteiger partial charge on any atom is -0.198 e. The van der Waals surface area contributed by atoms with Crippen molar-refractivity contribution >= 4 is 0 Å². The zero-order valence-electron chi connectivity index (χ0n) is 4.85. The van der Waals surface area contributed by atoms with Crippen LogP contribution in [0.5, 0.6) is 0 Å². The SMILES string of the molecule is C=C1CCC(C#N)C1. The second-order valence-corrected chi connectivity index (χ2v) is 2.32. The van der Waals surface area contributed by atoms with E-state index in [0.717, 1.165) is 19.3 Å². The molecule has 0 aromatic heterocycles. The van der Waals surface area contributed by atoms with Crippen LogP contribution in [-0.4, -0.2) is 0 Å². The van der Waals surface area contributed by atoms with Crippen molar-refractivity contribution in [3.63, 3.8) is 0 Å². The van der Waals surface area contributed by atoms with Gasteiger partial charge in [0, 0.05) is 0 Å². The highest BCUT2D eigenvalue weighted by molar-refractivity contribution is 5.07. The Morgan fingerprint density at radius 2 is 2.50 bits per heavy atom. The molecular weight excluding hydrogens is 98.1 g/mol. The van der Waals surface area contributed by atoms with Crippen molar-refractivity contribution in [1.82, 2.24) is 0 Å². The predicted octanol–water partition coefficient (Wildman–Crippen LogP) is 1.87. The number of hydrogen-bond donors (Lipinski definition) is 0. The molecule has 0 aliphatic heterocycles. The molecule has 0 saturated heterocycles. The molecule has 1 aliphatic carbocycles. The van der Waals surface area contributed by atoms with Gasteiger partial charge in [0.15, 0.2) is 0 Å². The molecule has 1 fully saturated rings. The van der Waals surface area contributed by atoms with Gasteiger partial charge >= 0.3 is 0 Å². The molecule has 1 nitrogen and oxygen atoms in total. The first-order chi connectivity index (χ1) is 3.83. The molecule has 0 aromatic carbocycles. The first-order valence-corrected chi connectivity index (χ1v) is 2.89. The maximum atomic E-state index is 8.39. The number of nitriles is 1. The van der Waals surface area contributed by atoms with E-state index < -0.39 is 0 Å². The Balaban J connectivity index is 2.47. The summed E-state index contributed by atoms with van der Waals surface area (Å²) in [6.07, 6.45) is 3.05. The van der Waals surface area contributed by atoms with Gasteiger partial charge in [-0.05, 0) is 19.3 Å². The average molecular weight is 107 g/mol. The van der Waals surface area contributed by atoms with Crippen molar-refractivity contribution in [3.8, 4) is 6.07 Å². The maximum absolute atomic E-state index is 8.39. The highest BCUT2D eigenvalue weighted by Gasteiger charge is 2.16. The molecule has 8 heavy (non-hydrogen) atoms. The Labute approximate surface area is 49.6 Å². The molecule has 0 N–H and O–H groups in total. The monoisotopic (exact) mass is 107 g/mol. The Bertz CT molecular complexity index is 141. The summed E-state index contributed by atoms with van der Waals surface area (Å²) in [6.45, 7) is 3.80. The lowest BCUT2D eigenvalue weighted by Crippen LogP contribution is -1.83. The number of rotatable bonds is 0. The Hall–Kier alpha value is -0.770. The Kier molecular flexibility index (Phi) is 1.34. The number of allylic oxidation sites excluding steroid dienone is 1. The van der Waals surface area contributed by atoms with Crippen molar-refractivity contribution in [1.29, 1.82) is 5.26 Å². The van der Waals surface area contributed by atoms with Crippen molar-refractivity contribution in [3.05, 3.63) is 12.2 Å². The quantitative estimate of drug-likeness (QED) is 0.433. The molecule has 0 bridgehead atoms. The lowest BCUT2D eigenvalue weighted by molar-refractivity contribution is 0.709. The summed E-state index contributed by atoms with van der Waals surface area (Å²) in [5.74, 6) is 0.280. The zero-order chi connectivity index (χ0) is 5.98. The summed E-state index contributed by atoms with van der Waals surface area (Å²) in [5.41, 5.74) is 1.25. The van der Waals surface area contributed by atoms with Gasteiger partial charge < -0.3 is 0 Å². The molecule has 0 amide bonds. The third kappa shape index (κ3) is 0.894. The molecule has 1 heteroatoms. The van der Waals surface area contributed by atoms with Crippen LogP contribution in [0.25, 0.3) is 0 Å². The largest absolute Gasteiger partial charge is 0.198 e. The van der Waals surface area contributed by atoms with Crippen LogP contribution in [0, 0.1) is 17.2 Å². The van der Waals surface area contributed by atoms with Gasteiger partial charge in [-0.1, -0.05) is 12.2 Å². The van der Waals surface area contributed by atoms with E-state index in [1.54, 1.807) is 0 Å². The Morgan fingerprint density at radius 1 is 1.75 bits per heavy atom. The van der Waals surface area contributed by atoms with Gasteiger partial charge in [-0.2, -0.15) is 5.26 Å². The van der Waals surface area contributed by atoms with Crippen LogP contribution < -0.4 is 0 Å². The van der Waals surface area contributed by atoms with Crippen LogP contribution in [0.3, 0.4) is 0 Å². The summed E-state index contributed by atoms with van der Waals surface area (Å²) in [7, 11) is 0. The minimum absolute atomic E-state index is 0.280. The van der Waals surface area contributed by atoms with Crippen LogP contribution in [0.15, 0.2) is 12.2 Å². The lowest BCUT2D eigenvalue weighted by atomic mass is 10.1. The predicted molar refractivity (Wildman–Crippen MR) is 32.1 cm³/mol. The van der Waals surface area contributed by atoms with Gasteiger partial charge in [0.1, 0.15) is 0 Å². The van der Waals surface area contributed by atoms with E-state index in [1.807, 2.05) is 0 Å². The van der Waals surface area contributed by atoms with Gasteiger partial charge in [-0.3, -0.25) is 0 Å². The van der Waals surface area contributed by atoms with Crippen molar-refractivity contribution in [2.75, 3.05) is 0 Å². The Morgan fingerprint density at radius 3 is 2.75 bits per heavy atom. The molecule has 0 aromatic rings. The number of nitrogens with zero attached hydrogens (tertiary/aromatic N) is 1. The van der Waals surface area contributed by atoms with Gasteiger partial charge in [0.2, 0.25) is 0 Å². The van der Waals surface area contributed by atoms with Crippen LogP contribution >= 0.6 is 0 Å². The second kappa shape index (κ2) is 2.00. The minimum atomic E-state index is 0.280. The average Bonchev–Trinajstić information content (AvgIpc) is 2.14. The van der Waals surface area contributed by atoms with Crippen LogP contribution in [0.1, 0.15) is 19.3 Å². The van der Waals surface area contributed by atoms with E-state index in [-0.39, 0.29) is 5.92 Å². The van der Waals surface area contributed by atoms with E-state index in [2.05, 4.69) is 12.6 Å². The van der Waals surface area contributed by atoms with E-state index >= 15 is 0 Å². The lowest BCUT2D eigenvalue weighted by Gasteiger charge is -1.88. The molecule has 42 valence electrons. The summed E-state index contributed by atoms with van der Waals surface area (Å²) in [6, 6.07) is 2.23. The molecule has 0 spiro atoms. The molecule has 1 atom stereocenters. The van der Waals surface area contributed by atoms with Crippen LogP contribution in [0.2, 0.25) is 0 Å². The van der Waals surface area contributed by atoms with Crippen molar-refractivity contribution in [2.24, 2.45) is 5.92 Å². The number of hydrogen-bond acceptors (Lipinski definition) is 1. The van der Waals surface area contributed by atoms with Gasteiger partial charge in [0.05, 0.1) is 12.0 Å². The fourth-order valence-corrected chi connectivity index (χ4v) is 1.04. The molecular formula is C7H9N. The van der Waals surface area contributed by atoms with Crippen LogP contribution in [0.4, 0.5) is 0 Å². The van der Waals surface area contributed by atoms with E-state index in [4.69, 9.17) is 5.26 Å². The van der Waals surface area contributed by atoms with Gasteiger partial charge in [-0.15, -0.1) is 0 Å². The molecule has 1 saturated carbocycles. The first kappa shape index (κ1) is 5.37. The fraction of sp³-hybridized carbons (Fsp3) is 0.571. The van der Waals surface area contributed by atoms with Crippen molar-refractivity contribution in [2.45, 2.75) is 19.3 Å². The van der Waals surface area contributed by atoms with Gasteiger partial charge in [0.25, 0.3) is 0 Å². The summed E-state index contributed by atoms with van der Waals surface area (Å²) in [5, 5.41) is 8.39. The smallest absolute Gasteiger partial charge is 0.0659 e. The maximum Gasteiger partial charge on any atom is 0.0659 e. The summed E-state index contributed by atoms with van der Waals surface area (Å²) >= 11 is 0. The standard InChI is InChI=1S/C7H9N/c1-6-2-3-7(4-6)5-8/h7H,1-4H2. The molecule has 1 rings (SSSR count). The van der Waals surface area contributed by atoms with E-state index in [1.165, 1.54) is 5.57 Å². The fourth-order valence-electron chi connectivity index (χ4n) is 1.04. The van der Waals surface area contributed by atoms with E-state index in [9.17, 15) is 0 Å². The normalized spacial score (nSPS) is 27.9. The highest BCUT2D eigenvalue weighted by Crippen LogP contribution is 2.27. The third-order valence-electron chi connectivity index (χ3n) is 1.56. The molecule has 0 heterocycles. The van der Waals surface area contributed by atoms with Gasteiger partial charge in [-0.25, -0.2) is 0 Å². The summed E-state index contributed by atoms with van der Waals surface area (Å²) in [4.78, 5) is 0. The van der Waals surface area contributed by atoms with Crippen molar-refractivity contribution < 1.29 is 0 Å². The molecule has 0 radical (unpaired) electrons. The topological polar surface area (TPSA) is 23.8 Å². The summed E-state index contributed by atoms with van der Waals surface area (Å²) < 4.78 is 0. The molecule has 1 aliphatic rings. The first-order valence-electron chi connectivity index (χ1n) is 2.89. The third-order valence-corrected chi connectivity index (χ3v) is 1.56. The highest BCUT2D eigenvalue weighted by atomic mass is 14.3. The zero-order valence-corrected chi connectivity index (χ0v) is 4.85. The van der Waals surface area contributed by atoms with Crippen LogP contribution in [-0.2, 0) is 0 Å².